The zero-order valence-electron chi connectivity index (χ0n) is 16.7. The summed E-state index contributed by atoms with van der Waals surface area (Å²) in [5.41, 5.74) is 5.70. The molecule has 0 unspecified atom stereocenters. The van der Waals surface area contributed by atoms with Crippen LogP contribution in [0.3, 0.4) is 0 Å². The van der Waals surface area contributed by atoms with E-state index in [0.717, 1.165) is 33.5 Å². The summed E-state index contributed by atoms with van der Waals surface area (Å²) in [7, 11) is 0. The van der Waals surface area contributed by atoms with Crippen molar-refractivity contribution in [1.82, 2.24) is 19.8 Å². The van der Waals surface area contributed by atoms with Crippen LogP contribution < -0.4 is 5.32 Å². The first-order valence-corrected chi connectivity index (χ1v) is 10.2. The highest BCUT2D eigenvalue weighted by Gasteiger charge is 2.17. The van der Waals surface area contributed by atoms with E-state index in [2.05, 4.69) is 53.7 Å². The largest absolute Gasteiger partial charge is 0.363 e. The number of nitrogens with zero attached hydrogens (tertiary/aromatic N) is 4. The molecule has 6 heteroatoms. The van der Waals surface area contributed by atoms with E-state index in [1.165, 1.54) is 5.56 Å². The molecule has 148 valence electrons. The Morgan fingerprint density at radius 1 is 0.967 bits per heavy atom. The Labute approximate surface area is 179 Å². The summed E-state index contributed by atoms with van der Waals surface area (Å²) in [6.07, 6.45) is 0. The number of halogens is 1. The van der Waals surface area contributed by atoms with Gasteiger partial charge in [-0.15, -0.1) is 5.10 Å². The van der Waals surface area contributed by atoms with Crippen LogP contribution in [0.4, 0.5) is 5.82 Å². The van der Waals surface area contributed by atoms with E-state index < -0.39 is 0 Å². The second kappa shape index (κ2) is 7.43. The first-order chi connectivity index (χ1) is 14.6. The summed E-state index contributed by atoms with van der Waals surface area (Å²) in [6.45, 7) is 4.18. The minimum atomic E-state index is 0.0710. The monoisotopic (exact) mass is 413 g/mol. The van der Waals surface area contributed by atoms with Gasteiger partial charge in [-0.3, -0.25) is 0 Å². The van der Waals surface area contributed by atoms with Gasteiger partial charge in [-0.05, 0) is 43.7 Å². The van der Waals surface area contributed by atoms with Crippen LogP contribution in [0.15, 0.2) is 72.8 Å². The Kier molecular flexibility index (Phi) is 4.60. The molecule has 0 bridgehead atoms. The highest BCUT2D eigenvalue weighted by molar-refractivity contribution is 6.31. The van der Waals surface area contributed by atoms with Crippen LogP contribution in [0.5, 0.6) is 0 Å². The van der Waals surface area contributed by atoms with Crippen LogP contribution in [0.2, 0.25) is 5.02 Å². The number of aryl methyl sites for hydroxylation is 1. The highest BCUT2D eigenvalue weighted by atomic mass is 35.5. The van der Waals surface area contributed by atoms with Gasteiger partial charge in [-0.2, -0.15) is 4.52 Å². The van der Waals surface area contributed by atoms with Crippen molar-refractivity contribution in [3.63, 3.8) is 0 Å². The molecular formula is C24H20ClN5. The number of fused-ring (bicyclic) bond motifs is 3. The van der Waals surface area contributed by atoms with Gasteiger partial charge in [-0.25, -0.2) is 4.98 Å². The maximum atomic E-state index is 6.31. The van der Waals surface area contributed by atoms with Crippen molar-refractivity contribution in [2.24, 2.45) is 0 Å². The second-order valence-electron chi connectivity index (χ2n) is 7.44. The van der Waals surface area contributed by atoms with Gasteiger partial charge in [0, 0.05) is 22.0 Å². The minimum absolute atomic E-state index is 0.0710. The summed E-state index contributed by atoms with van der Waals surface area (Å²) in [4.78, 5) is 4.94. The normalized spacial score (nSPS) is 12.4. The lowest BCUT2D eigenvalue weighted by atomic mass is 10.1. The molecule has 0 fully saturated rings. The van der Waals surface area contributed by atoms with Gasteiger partial charge in [-0.1, -0.05) is 70.9 Å². The zero-order chi connectivity index (χ0) is 20.7. The van der Waals surface area contributed by atoms with Gasteiger partial charge in [0.05, 0.1) is 5.52 Å². The Morgan fingerprint density at radius 2 is 1.80 bits per heavy atom. The van der Waals surface area contributed by atoms with E-state index in [0.29, 0.717) is 10.7 Å². The van der Waals surface area contributed by atoms with Crippen molar-refractivity contribution >= 4 is 34.0 Å². The standard InChI is InChI=1S/C24H20ClN5/c1-15-7-6-10-18(13-15)22-24-27-23(26-16(2)17-8-4-3-5-9-17)20-14-19(25)11-12-21(20)30(24)29-28-22/h3-14,16H,1-2H3,(H,26,27)/t16-/m1/s1. The summed E-state index contributed by atoms with van der Waals surface area (Å²) in [5, 5.41) is 14.0. The Hall–Kier alpha value is -3.44. The molecule has 0 aliphatic heterocycles. The molecular weight excluding hydrogens is 394 g/mol. The topological polar surface area (TPSA) is 55.1 Å². The molecule has 0 amide bonds. The van der Waals surface area contributed by atoms with Gasteiger partial charge < -0.3 is 5.32 Å². The number of hydrogen-bond acceptors (Lipinski definition) is 4. The lowest BCUT2D eigenvalue weighted by Crippen LogP contribution is -2.09. The number of hydrogen-bond donors (Lipinski definition) is 1. The maximum Gasteiger partial charge on any atom is 0.186 e. The molecule has 0 saturated heterocycles. The third-order valence-electron chi connectivity index (χ3n) is 5.25. The maximum absolute atomic E-state index is 6.31. The summed E-state index contributed by atoms with van der Waals surface area (Å²) >= 11 is 6.31. The smallest absolute Gasteiger partial charge is 0.186 e. The Balaban J connectivity index is 1.71. The summed E-state index contributed by atoms with van der Waals surface area (Å²) in [6, 6.07) is 24.3. The average Bonchev–Trinajstić information content (AvgIpc) is 3.18. The molecule has 0 spiro atoms. The molecule has 0 radical (unpaired) electrons. The molecule has 30 heavy (non-hydrogen) atoms. The first-order valence-electron chi connectivity index (χ1n) is 9.83. The van der Waals surface area contributed by atoms with Gasteiger partial charge in [0.1, 0.15) is 11.5 Å². The van der Waals surface area contributed by atoms with Crippen molar-refractivity contribution in [1.29, 1.82) is 0 Å². The molecule has 1 N–H and O–H groups in total. The van der Waals surface area contributed by atoms with E-state index in [1.54, 1.807) is 4.52 Å². The number of rotatable bonds is 4. The summed E-state index contributed by atoms with van der Waals surface area (Å²) < 4.78 is 1.78. The number of nitrogens with one attached hydrogen (secondary N) is 1. The van der Waals surface area contributed by atoms with Crippen molar-refractivity contribution in [2.75, 3.05) is 5.32 Å². The molecule has 3 aromatic carbocycles. The van der Waals surface area contributed by atoms with Crippen LogP contribution in [0, 0.1) is 6.92 Å². The Bertz CT molecular complexity index is 1360. The molecule has 0 aliphatic carbocycles. The van der Waals surface area contributed by atoms with Crippen LogP contribution in [-0.4, -0.2) is 19.8 Å². The number of anilines is 1. The predicted molar refractivity (Wildman–Crippen MR) is 122 cm³/mol. The average molecular weight is 414 g/mol. The minimum Gasteiger partial charge on any atom is -0.363 e. The third kappa shape index (κ3) is 3.27. The zero-order valence-corrected chi connectivity index (χ0v) is 17.4. The van der Waals surface area contributed by atoms with E-state index >= 15 is 0 Å². The first kappa shape index (κ1) is 18.6. The fourth-order valence-corrected chi connectivity index (χ4v) is 3.88. The van der Waals surface area contributed by atoms with E-state index in [9.17, 15) is 0 Å². The molecule has 5 rings (SSSR count). The van der Waals surface area contributed by atoms with Crippen LogP contribution in [-0.2, 0) is 0 Å². The lowest BCUT2D eigenvalue weighted by molar-refractivity contribution is 0.862. The molecule has 0 aliphatic rings. The SMILES string of the molecule is Cc1cccc(-c2nnn3c2nc(N[C@H](C)c2ccccc2)c2cc(Cl)ccc23)c1. The Morgan fingerprint density at radius 3 is 2.60 bits per heavy atom. The van der Waals surface area contributed by atoms with Gasteiger partial charge in [0.15, 0.2) is 5.65 Å². The predicted octanol–water partition coefficient (Wildman–Crippen LogP) is 6.08. The molecule has 2 heterocycles. The van der Waals surface area contributed by atoms with Crippen LogP contribution in [0.25, 0.3) is 27.8 Å². The van der Waals surface area contributed by atoms with E-state index in [4.69, 9.17) is 16.6 Å². The quantitative estimate of drug-likeness (QED) is 0.388. The fraction of sp³-hybridized carbons (Fsp3) is 0.125. The van der Waals surface area contributed by atoms with Gasteiger partial charge >= 0.3 is 0 Å². The fourth-order valence-electron chi connectivity index (χ4n) is 3.71. The van der Waals surface area contributed by atoms with Crippen molar-refractivity contribution in [2.45, 2.75) is 19.9 Å². The molecule has 1 atom stereocenters. The van der Waals surface area contributed by atoms with E-state index in [1.807, 2.05) is 48.5 Å². The molecule has 5 nitrogen and oxygen atoms in total. The van der Waals surface area contributed by atoms with Crippen molar-refractivity contribution in [3.05, 3.63) is 88.9 Å². The molecule has 0 saturated carbocycles. The molecule has 5 aromatic rings. The van der Waals surface area contributed by atoms with Crippen LogP contribution in [0.1, 0.15) is 24.1 Å². The van der Waals surface area contributed by atoms with E-state index in [-0.39, 0.29) is 6.04 Å². The second-order valence-corrected chi connectivity index (χ2v) is 7.88. The number of benzene rings is 3. The van der Waals surface area contributed by atoms with Crippen LogP contribution >= 0.6 is 11.6 Å². The number of aromatic nitrogens is 4. The highest BCUT2D eigenvalue weighted by Crippen LogP contribution is 2.31. The summed E-state index contributed by atoms with van der Waals surface area (Å²) in [5.74, 6) is 0.757. The molecule has 2 aromatic heterocycles. The van der Waals surface area contributed by atoms with Gasteiger partial charge in [0.2, 0.25) is 0 Å². The van der Waals surface area contributed by atoms with Crippen molar-refractivity contribution < 1.29 is 0 Å². The van der Waals surface area contributed by atoms with Gasteiger partial charge in [0.25, 0.3) is 0 Å². The van der Waals surface area contributed by atoms with Crippen molar-refractivity contribution in [3.8, 4) is 11.3 Å². The third-order valence-corrected chi connectivity index (χ3v) is 5.49. The lowest BCUT2D eigenvalue weighted by Gasteiger charge is -2.17.